The molecule has 0 spiro atoms. The van der Waals surface area contributed by atoms with E-state index in [1.165, 1.54) is 43.7 Å². The van der Waals surface area contributed by atoms with Crippen LogP contribution in [0.4, 0.5) is 0 Å². The van der Waals surface area contributed by atoms with Gasteiger partial charge in [0, 0.05) is 50.4 Å². The lowest BCUT2D eigenvalue weighted by atomic mass is 9.88. The molecule has 1 N–H and O–H groups in total. The van der Waals surface area contributed by atoms with Gasteiger partial charge in [-0.1, -0.05) is 19.3 Å². The molecular formula is C17H29N3OS. The summed E-state index contributed by atoms with van der Waals surface area (Å²) in [5.41, 5.74) is 0. The molecule has 124 valence electrons. The molecule has 1 aromatic heterocycles. The predicted octanol–water partition coefficient (Wildman–Crippen LogP) is 2.59. The average molecular weight is 324 g/mol. The highest BCUT2D eigenvalue weighted by Gasteiger charge is 2.29. The van der Waals surface area contributed by atoms with E-state index in [1.54, 1.807) is 11.3 Å². The van der Waals surface area contributed by atoms with Gasteiger partial charge in [-0.25, -0.2) is 4.98 Å². The first-order valence-electron chi connectivity index (χ1n) is 8.81. The van der Waals surface area contributed by atoms with Gasteiger partial charge in [-0.2, -0.15) is 0 Å². The Labute approximate surface area is 138 Å². The Bertz CT molecular complexity index is 420. The number of hydrogen-bond donors (Lipinski definition) is 1. The van der Waals surface area contributed by atoms with Crippen LogP contribution < -0.4 is 0 Å². The van der Waals surface area contributed by atoms with Crippen LogP contribution in [-0.2, 0) is 6.54 Å². The van der Waals surface area contributed by atoms with Gasteiger partial charge in [-0.15, -0.1) is 11.3 Å². The van der Waals surface area contributed by atoms with Crippen LogP contribution in [0.15, 0.2) is 11.6 Å². The van der Waals surface area contributed by atoms with Crippen molar-refractivity contribution in [3.63, 3.8) is 0 Å². The third kappa shape index (κ3) is 4.51. The molecule has 0 aromatic carbocycles. The minimum Gasteiger partial charge on any atom is -0.396 e. The van der Waals surface area contributed by atoms with E-state index in [2.05, 4.69) is 20.2 Å². The molecular weight excluding hydrogens is 294 g/mol. The Morgan fingerprint density at radius 3 is 2.82 bits per heavy atom. The van der Waals surface area contributed by atoms with E-state index < -0.39 is 0 Å². The molecule has 22 heavy (non-hydrogen) atoms. The molecule has 1 saturated carbocycles. The molecule has 0 amide bonds. The fourth-order valence-electron chi connectivity index (χ4n) is 3.99. The molecule has 1 aromatic rings. The zero-order chi connectivity index (χ0) is 15.2. The summed E-state index contributed by atoms with van der Waals surface area (Å²) in [5.74, 6) is 0.889. The van der Waals surface area contributed by atoms with Crippen LogP contribution in [0.3, 0.4) is 0 Å². The molecule has 2 fully saturated rings. The van der Waals surface area contributed by atoms with Crippen molar-refractivity contribution in [1.82, 2.24) is 14.8 Å². The summed E-state index contributed by atoms with van der Waals surface area (Å²) in [6, 6.07) is 0.514. The summed E-state index contributed by atoms with van der Waals surface area (Å²) >= 11 is 1.74. The molecule has 0 bridgehead atoms. The molecule has 1 atom stereocenters. The van der Waals surface area contributed by atoms with Crippen molar-refractivity contribution in [3.8, 4) is 0 Å². The summed E-state index contributed by atoms with van der Waals surface area (Å²) < 4.78 is 0. The maximum absolute atomic E-state index is 9.43. The van der Waals surface area contributed by atoms with Crippen molar-refractivity contribution in [3.05, 3.63) is 16.6 Å². The van der Waals surface area contributed by atoms with Crippen molar-refractivity contribution in [2.24, 2.45) is 5.92 Å². The van der Waals surface area contributed by atoms with E-state index in [4.69, 9.17) is 0 Å². The topological polar surface area (TPSA) is 39.6 Å². The monoisotopic (exact) mass is 323 g/mol. The van der Waals surface area contributed by atoms with Crippen molar-refractivity contribution in [1.29, 1.82) is 0 Å². The smallest absolute Gasteiger partial charge is 0.107 e. The van der Waals surface area contributed by atoms with Crippen molar-refractivity contribution < 1.29 is 5.11 Å². The fraction of sp³-hybridized carbons (Fsp3) is 0.824. The molecule has 1 aliphatic carbocycles. The van der Waals surface area contributed by atoms with Crippen molar-refractivity contribution >= 4 is 11.3 Å². The predicted molar refractivity (Wildman–Crippen MR) is 91.0 cm³/mol. The number of aliphatic hydroxyl groups is 1. The Balaban J connectivity index is 1.53. The molecule has 0 radical (unpaired) electrons. The molecule has 1 unspecified atom stereocenters. The first-order chi connectivity index (χ1) is 10.8. The lowest BCUT2D eigenvalue weighted by Gasteiger charge is -2.43. The second kappa shape index (κ2) is 8.39. The SMILES string of the molecule is OCCC1CN(Cc2nccs2)CCN1CC1CCCCC1. The zero-order valence-corrected chi connectivity index (χ0v) is 14.3. The van der Waals surface area contributed by atoms with E-state index in [9.17, 15) is 5.11 Å². The van der Waals surface area contributed by atoms with Crippen LogP contribution in [0.1, 0.15) is 43.5 Å². The van der Waals surface area contributed by atoms with Crippen LogP contribution in [0.5, 0.6) is 0 Å². The second-order valence-corrected chi connectivity index (χ2v) is 7.81. The van der Waals surface area contributed by atoms with E-state index in [1.807, 2.05) is 6.20 Å². The highest BCUT2D eigenvalue weighted by molar-refractivity contribution is 7.09. The van der Waals surface area contributed by atoms with Crippen molar-refractivity contribution in [2.45, 2.75) is 51.1 Å². The fourth-order valence-corrected chi connectivity index (χ4v) is 4.65. The number of aromatic nitrogens is 1. The Morgan fingerprint density at radius 2 is 2.09 bits per heavy atom. The molecule has 5 heteroatoms. The van der Waals surface area contributed by atoms with E-state index in [0.29, 0.717) is 12.6 Å². The van der Waals surface area contributed by atoms with Crippen molar-refractivity contribution in [2.75, 3.05) is 32.8 Å². The van der Waals surface area contributed by atoms with Gasteiger partial charge in [0.15, 0.2) is 0 Å². The van der Waals surface area contributed by atoms with Gasteiger partial charge in [0.25, 0.3) is 0 Å². The largest absolute Gasteiger partial charge is 0.396 e. The summed E-state index contributed by atoms with van der Waals surface area (Å²) in [6.07, 6.45) is 9.87. The molecule has 1 saturated heterocycles. The van der Waals surface area contributed by atoms with Crippen LogP contribution in [0, 0.1) is 5.92 Å². The summed E-state index contributed by atoms with van der Waals surface area (Å²) in [6.45, 7) is 5.87. The van der Waals surface area contributed by atoms with Gasteiger partial charge in [0.1, 0.15) is 5.01 Å². The normalized spacial score (nSPS) is 25.6. The molecule has 2 heterocycles. The van der Waals surface area contributed by atoms with Gasteiger partial charge in [0.05, 0.1) is 6.54 Å². The molecule has 4 nitrogen and oxygen atoms in total. The van der Waals surface area contributed by atoms with Gasteiger partial charge in [-0.05, 0) is 25.2 Å². The number of hydrogen-bond acceptors (Lipinski definition) is 5. The molecule has 1 aliphatic heterocycles. The minimum atomic E-state index is 0.303. The lowest BCUT2D eigenvalue weighted by Crippen LogP contribution is -2.54. The first-order valence-corrected chi connectivity index (χ1v) is 9.68. The van der Waals surface area contributed by atoms with E-state index in [-0.39, 0.29) is 0 Å². The third-order valence-electron chi connectivity index (χ3n) is 5.21. The number of piperazine rings is 1. The molecule has 2 aliphatic rings. The standard InChI is InChI=1S/C17H29N3OS/c21-10-6-16-13-19(14-17-18-7-11-22-17)8-9-20(16)12-15-4-2-1-3-5-15/h7,11,15-16,21H,1-6,8-10,12-14H2. The quantitative estimate of drug-likeness (QED) is 0.873. The highest BCUT2D eigenvalue weighted by Crippen LogP contribution is 2.26. The number of aliphatic hydroxyl groups excluding tert-OH is 1. The van der Waals surface area contributed by atoms with Gasteiger partial charge in [0.2, 0.25) is 0 Å². The van der Waals surface area contributed by atoms with Crippen LogP contribution >= 0.6 is 11.3 Å². The third-order valence-corrected chi connectivity index (χ3v) is 5.98. The first kappa shape index (κ1) is 16.4. The second-order valence-electron chi connectivity index (χ2n) is 6.83. The summed E-state index contributed by atoms with van der Waals surface area (Å²) in [5, 5.41) is 12.7. The Kier molecular flexibility index (Phi) is 6.24. The summed E-state index contributed by atoms with van der Waals surface area (Å²) in [7, 11) is 0. The maximum atomic E-state index is 9.43. The average Bonchev–Trinajstić information content (AvgIpc) is 3.04. The Morgan fingerprint density at radius 1 is 1.23 bits per heavy atom. The minimum absolute atomic E-state index is 0.303. The maximum Gasteiger partial charge on any atom is 0.107 e. The zero-order valence-electron chi connectivity index (χ0n) is 13.5. The number of thiazole rings is 1. The van der Waals surface area contributed by atoms with Crippen LogP contribution in [0.25, 0.3) is 0 Å². The van der Waals surface area contributed by atoms with Gasteiger partial charge in [-0.3, -0.25) is 9.80 Å². The number of rotatable bonds is 6. The number of nitrogens with zero attached hydrogens (tertiary/aromatic N) is 3. The Hall–Kier alpha value is -0.490. The van der Waals surface area contributed by atoms with E-state index >= 15 is 0 Å². The van der Waals surface area contributed by atoms with Gasteiger partial charge >= 0.3 is 0 Å². The van der Waals surface area contributed by atoms with Gasteiger partial charge < -0.3 is 5.11 Å². The lowest BCUT2D eigenvalue weighted by molar-refractivity contribution is 0.0400. The van der Waals surface area contributed by atoms with Crippen LogP contribution in [0.2, 0.25) is 0 Å². The van der Waals surface area contributed by atoms with Crippen LogP contribution in [-0.4, -0.2) is 58.7 Å². The molecule has 3 rings (SSSR count). The van der Waals surface area contributed by atoms with E-state index in [0.717, 1.165) is 38.5 Å². The highest BCUT2D eigenvalue weighted by atomic mass is 32.1. The summed E-state index contributed by atoms with van der Waals surface area (Å²) in [4.78, 5) is 9.58.